The van der Waals surface area contributed by atoms with Crippen LogP contribution in [0.1, 0.15) is 0 Å². The fourth-order valence-electron chi connectivity index (χ4n) is 8.99. The van der Waals surface area contributed by atoms with E-state index in [4.69, 9.17) is 4.98 Å². The van der Waals surface area contributed by atoms with Crippen LogP contribution in [0, 0.1) is 0 Å². The first-order chi connectivity index (χ1) is 25.8. The van der Waals surface area contributed by atoms with E-state index in [1.165, 1.54) is 93.3 Å². The van der Waals surface area contributed by atoms with Crippen molar-refractivity contribution in [3.05, 3.63) is 176 Å². The molecule has 0 amide bonds. The number of benzene rings is 8. The molecule has 0 N–H and O–H groups in total. The number of fused-ring (bicyclic) bond motifs is 11. The van der Waals surface area contributed by atoms with E-state index in [2.05, 4.69) is 185 Å². The van der Waals surface area contributed by atoms with Crippen molar-refractivity contribution in [2.45, 2.75) is 0 Å². The molecule has 3 aromatic heterocycles. The quantitative estimate of drug-likeness (QED) is 0.185. The molecule has 0 spiro atoms. The van der Waals surface area contributed by atoms with Gasteiger partial charge in [0.05, 0.1) is 27.6 Å². The van der Waals surface area contributed by atoms with E-state index in [1.54, 1.807) is 0 Å². The number of aromatic nitrogens is 3. The van der Waals surface area contributed by atoms with Crippen LogP contribution in [0.15, 0.2) is 176 Å². The van der Waals surface area contributed by atoms with E-state index in [9.17, 15) is 0 Å². The molecule has 3 nitrogen and oxygen atoms in total. The van der Waals surface area contributed by atoms with Crippen molar-refractivity contribution in [2.24, 2.45) is 0 Å². The summed E-state index contributed by atoms with van der Waals surface area (Å²) >= 11 is 0. The molecule has 0 saturated heterocycles. The highest BCUT2D eigenvalue weighted by Crippen LogP contribution is 2.48. The molecule has 12 rings (SSSR count). The van der Waals surface area contributed by atoms with Gasteiger partial charge in [0.2, 0.25) is 0 Å². The van der Waals surface area contributed by atoms with Crippen molar-refractivity contribution in [1.82, 2.24) is 14.1 Å². The normalized spacial score (nSPS) is 12.2. The Hall–Kier alpha value is -6.97. The van der Waals surface area contributed by atoms with Gasteiger partial charge in [0.15, 0.2) is 0 Å². The minimum Gasteiger partial charge on any atom is -0.309 e. The molecule has 3 heteroatoms. The van der Waals surface area contributed by atoms with Crippen molar-refractivity contribution in [3.63, 3.8) is 0 Å². The zero-order valence-corrected chi connectivity index (χ0v) is 28.1. The molecule has 1 aliphatic carbocycles. The fourth-order valence-corrected chi connectivity index (χ4v) is 8.99. The zero-order chi connectivity index (χ0) is 33.9. The second-order valence-electron chi connectivity index (χ2n) is 13.9. The van der Waals surface area contributed by atoms with Gasteiger partial charge in [-0.3, -0.25) is 4.57 Å². The maximum atomic E-state index is 5.37. The average molecular weight is 660 g/mol. The number of hydrogen-bond acceptors (Lipinski definition) is 1. The van der Waals surface area contributed by atoms with Gasteiger partial charge in [-0.2, -0.15) is 0 Å². The molecule has 0 radical (unpaired) electrons. The van der Waals surface area contributed by atoms with Gasteiger partial charge >= 0.3 is 0 Å². The Morgan fingerprint density at radius 1 is 0.365 bits per heavy atom. The lowest BCUT2D eigenvalue weighted by Crippen LogP contribution is -1.99. The van der Waals surface area contributed by atoms with E-state index in [1.807, 2.05) is 0 Å². The number of para-hydroxylation sites is 3. The predicted molar refractivity (Wildman–Crippen MR) is 218 cm³/mol. The Kier molecular flexibility index (Phi) is 5.50. The summed E-state index contributed by atoms with van der Waals surface area (Å²) in [5.74, 6) is 0.944. The zero-order valence-electron chi connectivity index (χ0n) is 28.1. The first kappa shape index (κ1) is 27.8. The van der Waals surface area contributed by atoms with Crippen LogP contribution < -0.4 is 0 Å². The molecule has 0 bridgehead atoms. The summed E-state index contributed by atoms with van der Waals surface area (Å²) in [7, 11) is 0. The summed E-state index contributed by atoms with van der Waals surface area (Å²) in [6.45, 7) is 0. The lowest BCUT2D eigenvalue weighted by atomic mass is 9.98. The summed E-state index contributed by atoms with van der Waals surface area (Å²) < 4.78 is 4.76. The Labute approximate surface area is 299 Å². The molecule has 0 unspecified atom stereocenters. The number of hydrogen-bond donors (Lipinski definition) is 0. The van der Waals surface area contributed by atoms with Crippen LogP contribution in [0.4, 0.5) is 0 Å². The van der Waals surface area contributed by atoms with Gasteiger partial charge < -0.3 is 4.57 Å². The first-order valence-corrected chi connectivity index (χ1v) is 17.9. The average Bonchev–Trinajstić information content (AvgIpc) is 3.84. The van der Waals surface area contributed by atoms with Gasteiger partial charge in [-0.15, -0.1) is 0 Å². The molecule has 8 aromatic carbocycles. The largest absolute Gasteiger partial charge is 0.309 e. The van der Waals surface area contributed by atoms with Crippen molar-refractivity contribution >= 4 is 65.3 Å². The minimum absolute atomic E-state index is 0.944. The van der Waals surface area contributed by atoms with Gasteiger partial charge in [-0.1, -0.05) is 121 Å². The summed E-state index contributed by atoms with van der Waals surface area (Å²) in [5.41, 5.74) is 14.5. The lowest BCUT2D eigenvalue weighted by Gasteiger charge is -2.13. The van der Waals surface area contributed by atoms with Gasteiger partial charge in [0, 0.05) is 38.0 Å². The third-order valence-electron chi connectivity index (χ3n) is 11.2. The Bertz CT molecular complexity index is 3290. The molecule has 0 saturated carbocycles. The monoisotopic (exact) mass is 659 g/mol. The first-order valence-electron chi connectivity index (χ1n) is 17.9. The Morgan fingerprint density at radius 2 is 1.00 bits per heavy atom. The third-order valence-corrected chi connectivity index (χ3v) is 11.2. The molecular formula is C49H29N3. The number of pyridine rings is 1. The van der Waals surface area contributed by atoms with E-state index < -0.39 is 0 Å². The highest BCUT2D eigenvalue weighted by atomic mass is 15.1. The second kappa shape index (κ2) is 10.3. The molecular weight excluding hydrogens is 631 g/mol. The van der Waals surface area contributed by atoms with Crippen LogP contribution in [-0.2, 0) is 0 Å². The van der Waals surface area contributed by atoms with Crippen LogP contribution in [-0.4, -0.2) is 14.1 Å². The molecule has 240 valence electrons. The molecule has 11 aromatic rings. The van der Waals surface area contributed by atoms with E-state index >= 15 is 0 Å². The van der Waals surface area contributed by atoms with Crippen molar-refractivity contribution in [1.29, 1.82) is 0 Å². The Morgan fingerprint density at radius 3 is 1.85 bits per heavy atom. The second-order valence-corrected chi connectivity index (χ2v) is 13.9. The van der Waals surface area contributed by atoms with Crippen molar-refractivity contribution in [2.75, 3.05) is 0 Å². The molecule has 52 heavy (non-hydrogen) atoms. The van der Waals surface area contributed by atoms with Crippen LogP contribution in [0.2, 0.25) is 0 Å². The van der Waals surface area contributed by atoms with E-state index in [0.29, 0.717) is 0 Å². The van der Waals surface area contributed by atoms with Crippen LogP contribution in [0.3, 0.4) is 0 Å². The summed E-state index contributed by atoms with van der Waals surface area (Å²) in [5, 5.41) is 8.65. The fraction of sp³-hybridized carbons (Fsp3) is 0. The van der Waals surface area contributed by atoms with Crippen LogP contribution in [0.25, 0.3) is 110 Å². The molecule has 0 aliphatic heterocycles. The molecule has 0 atom stereocenters. The maximum absolute atomic E-state index is 5.37. The van der Waals surface area contributed by atoms with Crippen molar-refractivity contribution in [3.8, 4) is 44.9 Å². The Balaban J connectivity index is 1.08. The predicted octanol–water partition coefficient (Wildman–Crippen LogP) is 12.9. The topological polar surface area (TPSA) is 22.8 Å². The molecule has 3 heterocycles. The van der Waals surface area contributed by atoms with Crippen LogP contribution in [0.5, 0.6) is 0 Å². The van der Waals surface area contributed by atoms with Gasteiger partial charge in [0.1, 0.15) is 5.82 Å². The standard InChI is InChI=1S/C49H29N3/c1-2-11-33(12-3-1)51-44-19-8-7-16-38(44)41-28-31(23-26-46(41)51)30-21-24-34-32(27-30)22-25-40-37-15-6-9-20-45(37)52(49(34)40)47-29-42-36-14-5-4-13-35(36)39-17-10-18-43(50-47)48(39)42/h1-29H. The van der Waals surface area contributed by atoms with Gasteiger partial charge in [-0.05, 0) is 93.4 Å². The number of rotatable bonds is 3. The minimum atomic E-state index is 0.944. The summed E-state index contributed by atoms with van der Waals surface area (Å²) in [6, 6.07) is 64.1. The SMILES string of the molecule is c1ccc(-n2c3ccccc3c3cc(-c4ccc5c(ccc6c7ccccc7n(-c7cc8c9c(cccc9n7)-c7ccccc7-8)c56)c4)ccc32)cc1. The highest BCUT2D eigenvalue weighted by molar-refractivity contribution is 6.20. The lowest BCUT2D eigenvalue weighted by molar-refractivity contribution is 1.11. The third kappa shape index (κ3) is 3.72. The number of nitrogens with zero attached hydrogens (tertiary/aromatic N) is 3. The van der Waals surface area contributed by atoms with Crippen LogP contribution >= 0.6 is 0 Å². The van der Waals surface area contributed by atoms with Gasteiger partial charge in [0.25, 0.3) is 0 Å². The van der Waals surface area contributed by atoms with E-state index in [-0.39, 0.29) is 0 Å². The highest BCUT2D eigenvalue weighted by Gasteiger charge is 2.24. The van der Waals surface area contributed by atoms with Crippen molar-refractivity contribution < 1.29 is 0 Å². The van der Waals surface area contributed by atoms with E-state index in [0.717, 1.165) is 16.9 Å². The smallest absolute Gasteiger partial charge is 0.138 e. The maximum Gasteiger partial charge on any atom is 0.138 e. The summed E-state index contributed by atoms with van der Waals surface area (Å²) in [6.07, 6.45) is 0. The molecule has 1 aliphatic rings. The van der Waals surface area contributed by atoms with Gasteiger partial charge in [-0.25, -0.2) is 4.98 Å². The molecule has 0 fully saturated rings. The summed E-state index contributed by atoms with van der Waals surface area (Å²) in [4.78, 5) is 5.37.